The molecule has 2 rings (SSSR count). The van der Waals surface area contributed by atoms with Gasteiger partial charge in [-0.3, -0.25) is 14.6 Å². The summed E-state index contributed by atoms with van der Waals surface area (Å²) in [6.07, 6.45) is -0.751. The molecule has 0 aliphatic carbocycles. The van der Waals surface area contributed by atoms with Crippen LogP contribution in [0.1, 0.15) is 12.5 Å². The lowest BCUT2D eigenvalue weighted by Crippen LogP contribution is -2.38. The number of rotatable bonds is 2. The molecule has 5 N–H and O–H groups in total. The van der Waals surface area contributed by atoms with E-state index in [1.807, 2.05) is 0 Å². The maximum absolute atomic E-state index is 11.6. The van der Waals surface area contributed by atoms with Crippen LogP contribution >= 0.6 is 0 Å². The largest absolute Gasteiger partial charge is 0.386 e. The zero-order chi connectivity index (χ0) is 12.6. The average molecular weight is 238 g/mol. The number of aromatic nitrogens is 2. The van der Waals surface area contributed by atoms with Gasteiger partial charge >= 0.3 is 0 Å². The molecule has 1 aromatic heterocycles. The number of aliphatic hydroxyl groups excluding tert-OH is 1. The van der Waals surface area contributed by atoms with E-state index < -0.39 is 12.0 Å². The standard InChI is InChI=1S/C10H14N4O3/c1-4(15)7(16)5-2-6-8(12-3-5)13-10(11)14-9(6)17/h4-5,15H,2-3H2,1H3,(H4,11,12,13,14,17)/t4-,5+/m1/s1. The highest BCUT2D eigenvalue weighted by atomic mass is 16.3. The molecular formula is C10H14N4O3. The Morgan fingerprint density at radius 2 is 2.35 bits per heavy atom. The van der Waals surface area contributed by atoms with Crippen LogP contribution in [-0.4, -0.2) is 33.5 Å². The Balaban J connectivity index is 2.31. The van der Waals surface area contributed by atoms with Gasteiger partial charge in [-0.15, -0.1) is 0 Å². The molecule has 1 aromatic rings. The van der Waals surface area contributed by atoms with Gasteiger partial charge in [-0.1, -0.05) is 0 Å². The number of hydrogen-bond acceptors (Lipinski definition) is 6. The van der Waals surface area contributed by atoms with Crippen LogP contribution in [0.4, 0.5) is 11.8 Å². The fourth-order valence-electron chi connectivity index (χ4n) is 1.93. The van der Waals surface area contributed by atoms with Crippen LogP contribution in [-0.2, 0) is 11.2 Å². The van der Waals surface area contributed by atoms with Crippen molar-refractivity contribution in [3.8, 4) is 0 Å². The topological polar surface area (TPSA) is 121 Å². The monoisotopic (exact) mass is 238 g/mol. The summed E-state index contributed by atoms with van der Waals surface area (Å²) < 4.78 is 0. The van der Waals surface area contributed by atoms with Crippen molar-refractivity contribution < 1.29 is 9.90 Å². The number of ketones is 1. The molecule has 7 heteroatoms. The normalized spacial score (nSPS) is 20.2. The number of carbonyl (C=O) groups excluding carboxylic acids is 1. The van der Waals surface area contributed by atoms with E-state index in [-0.39, 0.29) is 23.7 Å². The summed E-state index contributed by atoms with van der Waals surface area (Å²) in [6, 6.07) is 0. The third-order valence-electron chi connectivity index (χ3n) is 2.81. The van der Waals surface area contributed by atoms with Crippen LogP contribution < -0.4 is 16.6 Å². The first-order valence-corrected chi connectivity index (χ1v) is 5.33. The number of nitrogens with one attached hydrogen (secondary N) is 2. The number of anilines is 2. The van der Waals surface area contributed by atoms with Crippen LogP contribution in [0, 0.1) is 5.92 Å². The quantitative estimate of drug-likeness (QED) is 0.518. The van der Waals surface area contributed by atoms with Crippen molar-refractivity contribution in [2.45, 2.75) is 19.4 Å². The Morgan fingerprint density at radius 3 is 3.00 bits per heavy atom. The molecule has 0 spiro atoms. The van der Waals surface area contributed by atoms with Gasteiger partial charge in [-0.25, -0.2) is 0 Å². The number of nitrogen functional groups attached to an aromatic ring is 1. The molecule has 7 nitrogen and oxygen atoms in total. The summed E-state index contributed by atoms with van der Waals surface area (Å²) in [4.78, 5) is 29.6. The van der Waals surface area contributed by atoms with Gasteiger partial charge in [0.05, 0.1) is 5.56 Å². The smallest absolute Gasteiger partial charge is 0.257 e. The lowest BCUT2D eigenvalue weighted by molar-refractivity contribution is -0.130. The summed E-state index contributed by atoms with van der Waals surface area (Å²) in [5.74, 6) is -0.226. The van der Waals surface area contributed by atoms with E-state index in [0.29, 0.717) is 17.9 Å². The highest BCUT2D eigenvalue weighted by Crippen LogP contribution is 2.21. The molecule has 0 saturated heterocycles. The minimum atomic E-state index is -1.02. The zero-order valence-corrected chi connectivity index (χ0v) is 9.36. The predicted molar refractivity (Wildman–Crippen MR) is 61.6 cm³/mol. The molecular weight excluding hydrogens is 224 g/mol. The summed E-state index contributed by atoms with van der Waals surface area (Å²) >= 11 is 0. The highest BCUT2D eigenvalue weighted by Gasteiger charge is 2.29. The zero-order valence-electron chi connectivity index (χ0n) is 9.36. The second-order valence-electron chi connectivity index (χ2n) is 4.14. The van der Waals surface area contributed by atoms with Crippen molar-refractivity contribution >= 4 is 17.5 Å². The van der Waals surface area contributed by atoms with E-state index in [9.17, 15) is 14.7 Å². The molecule has 0 amide bonds. The molecule has 0 unspecified atom stereocenters. The fourth-order valence-corrected chi connectivity index (χ4v) is 1.93. The Hall–Kier alpha value is -1.89. The van der Waals surface area contributed by atoms with Gasteiger partial charge in [-0.2, -0.15) is 4.98 Å². The van der Waals surface area contributed by atoms with Gasteiger partial charge in [-0.05, 0) is 13.3 Å². The first-order chi connectivity index (χ1) is 7.99. The van der Waals surface area contributed by atoms with Gasteiger partial charge < -0.3 is 16.2 Å². The van der Waals surface area contributed by atoms with E-state index in [0.717, 1.165) is 0 Å². The second-order valence-corrected chi connectivity index (χ2v) is 4.14. The Bertz CT molecular complexity index is 509. The molecule has 2 heterocycles. The third-order valence-corrected chi connectivity index (χ3v) is 2.81. The number of carbonyl (C=O) groups is 1. The van der Waals surface area contributed by atoms with Gasteiger partial charge in [0.1, 0.15) is 11.9 Å². The molecule has 0 saturated carbocycles. The Labute approximate surface area is 97.1 Å². The highest BCUT2D eigenvalue weighted by molar-refractivity contribution is 5.86. The number of nitrogens with two attached hydrogens (primary N) is 1. The Morgan fingerprint density at radius 1 is 1.65 bits per heavy atom. The molecule has 0 fully saturated rings. The van der Waals surface area contributed by atoms with Gasteiger partial charge in [0.2, 0.25) is 5.95 Å². The van der Waals surface area contributed by atoms with Gasteiger partial charge in [0.15, 0.2) is 5.78 Å². The first-order valence-electron chi connectivity index (χ1n) is 5.33. The number of H-pyrrole nitrogens is 1. The molecule has 17 heavy (non-hydrogen) atoms. The fraction of sp³-hybridized carbons (Fsp3) is 0.500. The van der Waals surface area contributed by atoms with Crippen molar-refractivity contribution in [1.82, 2.24) is 9.97 Å². The summed E-state index contributed by atoms with van der Waals surface area (Å²) in [5.41, 5.74) is 5.47. The SMILES string of the molecule is C[C@@H](O)C(=O)[C@@H]1CNc2nc(N)[nH]c(=O)c2C1. The van der Waals surface area contributed by atoms with Gasteiger partial charge in [0.25, 0.3) is 5.56 Å². The van der Waals surface area contributed by atoms with Crippen molar-refractivity contribution in [3.05, 3.63) is 15.9 Å². The van der Waals surface area contributed by atoms with Crippen molar-refractivity contribution in [2.24, 2.45) is 5.92 Å². The van der Waals surface area contributed by atoms with E-state index in [1.54, 1.807) is 0 Å². The summed E-state index contributed by atoms with van der Waals surface area (Å²) in [6.45, 7) is 1.77. The molecule has 2 atom stereocenters. The predicted octanol–water partition coefficient (Wildman–Crippen LogP) is -1.11. The minimum absolute atomic E-state index is 0.0431. The molecule has 0 aromatic carbocycles. The maximum atomic E-state index is 11.6. The second kappa shape index (κ2) is 4.17. The minimum Gasteiger partial charge on any atom is -0.386 e. The van der Waals surface area contributed by atoms with E-state index in [2.05, 4.69) is 15.3 Å². The third kappa shape index (κ3) is 2.14. The van der Waals surface area contributed by atoms with Crippen LogP contribution in [0.25, 0.3) is 0 Å². The first kappa shape index (κ1) is 11.6. The van der Waals surface area contributed by atoms with E-state index in [1.165, 1.54) is 6.92 Å². The van der Waals surface area contributed by atoms with Crippen molar-refractivity contribution in [1.29, 1.82) is 0 Å². The number of aliphatic hydroxyl groups is 1. The molecule has 0 radical (unpaired) electrons. The number of Topliss-reactive ketones (excluding diaryl/α,β-unsaturated/α-hetero) is 1. The maximum Gasteiger partial charge on any atom is 0.257 e. The number of nitrogens with zero attached hydrogens (tertiary/aromatic N) is 1. The van der Waals surface area contributed by atoms with Crippen LogP contribution in [0.5, 0.6) is 0 Å². The molecule has 92 valence electrons. The number of hydrogen-bond donors (Lipinski definition) is 4. The van der Waals surface area contributed by atoms with E-state index >= 15 is 0 Å². The Kier molecular flexibility index (Phi) is 2.84. The van der Waals surface area contributed by atoms with Crippen LogP contribution in [0.3, 0.4) is 0 Å². The van der Waals surface area contributed by atoms with E-state index in [4.69, 9.17) is 5.73 Å². The lowest BCUT2D eigenvalue weighted by atomic mass is 9.91. The number of aromatic amines is 1. The number of fused-ring (bicyclic) bond motifs is 1. The molecule has 1 aliphatic rings. The van der Waals surface area contributed by atoms with Crippen molar-refractivity contribution in [3.63, 3.8) is 0 Å². The van der Waals surface area contributed by atoms with Crippen LogP contribution in [0.2, 0.25) is 0 Å². The summed E-state index contributed by atoms with van der Waals surface area (Å²) in [5, 5.41) is 12.1. The van der Waals surface area contributed by atoms with Gasteiger partial charge in [0, 0.05) is 12.5 Å². The van der Waals surface area contributed by atoms with Crippen LogP contribution in [0.15, 0.2) is 4.79 Å². The average Bonchev–Trinajstić information content (AvgIpc) is 2.27. The summed E-state index contributed by atoms with van der Waals surface area (Å²) in [7, 11) is 0. The molecule has 1 aliphatic heterocycles. The van der Waals surface area contributed by atoms with Crippen molar-refractivity contribution in [2.75, 3.05) is 17.6 Å². The molecule has 0 bridgehead atoms. The lowest BCUT2D eigenvalue weighted by Gasteiger charge is -2.24.